The summed E-state index contributed by atoms with van der Waals surface area (Å²) in [5, 5.41) is 22.4. The number of fused-ring (bicyclic) bond motifs is 1. The van der Waals surface area contributed by atoms with Gasteiger partial charge in [0.15, 0.2) is 4.32 Å². The molecule has 1 saturated heterocycles. The molecule has 0 spiro atoms. The topological polar surface area (TPSA) is 83.7 Å². The summed E-state index contributed by atoms with van der Waals surface area (Å²) < 4.78 is 0.414. The van der Waals surface area contributed by atoms with E-state index in [0.717, 1.165) is 10.8 Å². The fraction of sp³-hybridized carbons (Fsp3) is 0.0909. The average Bonchev–Trinajstić information content (AvgIpc) is 3.05. The van der Waals surface area contributed by atoms with Gasteiger partial charge >= 0.3 is 0 Å². The molecule has 156 valence electrons. The molecule has 0 atom stereocenters. The van der Waals surface area contributed by atoms with Crippen LogP contribution in [0.2, 0.25) is 0 Å². The van der Waals surface area contributed by atoms with Gasteiger partial charge in [0.1, 0.15) is 0 Å². The van der Waals surface area contributed by atoms with E-state index in [1.54, 1.807) is 18.2 Å². The number of nitro benzene ring substituents is 1. The van der Waals surface area contributed by atoms with Crippen molar-refractivity contribution in [3.63, 3.8) is 0 Å². The summed E-state index contributed by atoms with van der Waals surface area (Å²) in [4.78, 5) is 26.6. The SMILES string of the molecule is O=C1/C(=C\c2ccc(SCCO)c([N+](=O)[O-])c2)SC(=S)N1c1cccc2ccccc12. The van der Waals surface area contributed by atoms with E-state index in [1.807, 2.05) is 42.5 Å². The monoisotopic (exact) mass is 468 g/mol. The fourth-order valence-electron chi connectivity index (χ4n) is 3.27. The number of rotatable bonds is 6. The zero-order valence-electron chi connectivity index (χ0n) is 16.1. The van der Waals surface area contributed by atoms with Crippen LogP contribution in [-0.2, 0) is 4.79 Å². The van der Waals surface area contributed by atoms with E-state index < -0.39 is 4.92 Å². The van der Waals surface area contributed by atoms with Crippen LogP contribution < -0.4 is 4.90 Å². The molecule has 3 aromatic rings. The third-order valence-electron chi connectivity index (χ3n) is 4.63. The van der Waals surface area contributed by atoms with Crippen molar-refractivity contribution in [1.82, 2.24) is 0 Å². The van der Waals surface area contributed by atoms with Gasteiger partial charge in [-0.2, -0.15) is 0 Å². The number of amides is 1. The second-order valence-corrected chi connectivity index (χ2v) is 9.38. The molecule has 1 aliphatic rings. The lowest BCUT2D eigenvalue weighted by atomic mass is 10.1. The molecular formula is C22H16N2O4S3. The Morgan fingerprint density at radius 3 is 2.71 bits per heavy atom. The summed E-state index contributed by atoms with van der Waals surface area (Å²) >= 11 is 7.87. The first-order valence-corrected chi connectivity index (χ1v) is 11.5. The number of nitrogens with zero attached hydrogens (tertiary/aromatic N) is 2. The molecule has 31 heavy (non-hydrogen) atoms. The second kappa shape index (κ2) is 9.19. The number of aliphatic hydroxyl groups excluding tert-OH is 1. The molecule has 0 radical (unpaired) electrons. The van der Waals surface area contributed by atoms with Crippen LogP contribution in [0.25, 0.3) is 16.8 Å². The van der Waals surface area contributed by atoms with Gasteiger partial charge in [-0.15, -0.1) is 11.8 Å². The molecule has 9 heteroatoms. The van der Waals surface area contributed by atoms with Gasteiger partial charge in [0.2, 0.25) is 0 Å². The highest BCUT2D eigenvalue weighted by atomic mass is 32.2. The minimum atomic E-state index is -0.460. The molecule has 0 unspecified atom stereocenters. The van der Waals surface area contributed by atoms with Gasteiger partial charge in [-0.1, -0.05) is 66.4 Å². The van der Waals surface area contributed by atoms with Crippen LogP contribution in [0, 0.1) is 10.1 Å². The van der Waals surface area contributed by atoms with Crippen LogP contribution in [0.15, 0.2) is 70.5 Å². The average molecular weight is 469 g/mol. The summed E-state index contributed by atoms with van der Waals surface area (Å²) in [5.41, 5.74) is 1.20. The molecule has 1 heterocycles. The van der Waals surface area contributed by atoms with Crippen molar-refractivity contribution < 1.29 is 14.8 Å². The minimum Gasteiger partial charge on any atom is -0.396 e. The Kier molecular flexibility index (Phi) is 6.38. The van der Waals surface area contributed by atoms with E-state index in [9.17, 15) is 14.9 Å². The summed E-state index contributed by atoms with van der Waals surface area (Å²) in [6.07, 6.45) is 1.62. The molecule has 1 aliphatic heterocycles. The molecule has 1 N–H and O–H groups in total. The van der Waals surface area contributed by atoms with Gasteiger partial charge < -0.3 is 5.11 Å². The van der Waals surface area contributed by atoms with Gasteiger partial charge in [0.25, 0.3) is 11.6 Å². The van der Waals surface area contributed by atoms with Crippen molar-refractivity contribution in [3.8, 4) is 0 Å². The zero-order valence-corrected chi connectivity index (χ0v) is 18.5. The first-order valence-electron chi connectivity index (χ1n) is 9.27. The number of benzene rings is 3. The van der Waals surface area contributed by atoms with Crippen molar-refractivity contribution in [2.45, 2.75) is 4.90 Å². The van der Waals surface area contributed by atoms with Gasteiger partial charge in [-0.3, -0.25) is 19.8 Å². The Bertz CT molecular complexity index is 1240. The molecule has 0 bridgehead atoms. The van der Waals surface area contributed by atoms with Crippen molar-refractivity contribution in [2.75, 3.05) is 17.3 Å². The predicted molar refractivity (Wildman–Crippen MR) is 131 cm³/mol. The minimum absolute atomic E-state index is 0.0586. The number of anilines is 1. The molecule has 1 fully saturated rings. The maximum Gasteiger partial charge on any atom is 0.283 e. The quantitative estimate of drug-likeness (QED) is 0.174. The van der Waals surface area contributed by atoms with E-state index >= 15 is 0 Å². The van der Waals surface area contributed by atoms with Gasteiger partial charge in [-0.25, -0.2) is 0 Å². The maximum absolute atomic E-state index is 13.2. The van der Waals surface area contributed by atoms with E-state index in [0.29, 0.717) is 31.1 Å². The normalized spacial score (nSPS) is 15.3. The molecule has 1 amide bonds. The van der Waals surface area contributed by atoms with Crippen LogP contribution in [0.4, 0.5) is 11.4 Å². The number of thiocarbonyl (C=S) groups is 1. The number of carbonyl (C=O) groups is 1. The van der Waals surface area contributed by atoms with Crippen LogP contribution in [0.1, 0.15) is 5.56 Å². The van der Waals surface area contributed by atoms with Crippen molar-refractivity contribution >= 4 is 74.2 Å². The van der Waals surface area contributed by atoms with Crippen LogP contribution in [-0.4, -0.2) is 32.6 Å². The lowest BCUT2D eigenvalue weighted by Gasteiger charge is -2.17. The van der Waals surface area contributed by atoms with E-state index in [4.69, 9.17) is 17.3 Å². The lowest BCUT2D eigenvalue weighted by Crippen LogP contribution is -2.27. The number of hydrogen-bond acceptors (Lipinski definition) is 7. The van der Waals surface area contributed by atoms with Crippen molar-refractivity contribution in [2.24, 2.45) is 0 Å². The third kappa shape index (κ3) is 4.35. The Balaban J connectivity index is 1.69. The fourth-order valence-corrected chi connectivity index (χ4v) is 5.32. The van der Waals surface area contributed by atoms with Crippen molar-refractivity contribution in [3.05, 3.63) is 81.2 Å². The summed E-state index contributed by atoms with van der Waals surface area (Å²) in [7, 11) is 0. The Morgan fingerprint density at radius 1 is 1.16 bits per heavy atom. The number of nitro groups is 1. The standard InChI is InChI=1S/C22H16N2O4S3/c25-10-11-30-19-9-8-14(12-18(19)24(27)28)13-20-21(26)23(22(29)31-20)17-7-3-5-15-4-1-2-6-16(15)17/h1-9,12-13,25H,10-11H2/b20-13+. The summed E-state index contributed by atoms with van der Waals surface area (Å²) in [6, 6.07) is 18.3. The smallest absolute Gasteiger partial charge is 0.283 e. The molecule has 0 aromatic heterocycles. The number of carbonyl (C=O) groups excluding carboxylic acids is 1. The highest BCUT2D eigenvalue weighted by Crippen LogP contribution is 2.39. The van der Waals surface area contributed by atoms with Gasteiger partial charge in [0.05, 0.1) is 27.0 Å². The largest absolute Gasteiger partial charge is 0.396 e. The third-order valence-corrected chi connectivity index (χ3v) is 6.97. The number of hydrogen-bond donors (Lipinski definition) is 1. The highest BCUT2D eigenvalue weighted by Gasteiger charge is 2.34. The number of thioether (sulfide) groups is 2. The van der Waals surface area contributed by atoms with Gasteiger partial charge in [0, 0.05) is 17.2 Å². The Labute approximate surface area is 192 Å². The predicted octanol–water partition coefficient (Wildman–Crippen LogP) is 5.24. The highest BCUT2D eigenvalue weighted by molar-refractivity contribution is 8.27. The van der Waals surface area contributed by atoms with E-state index in [-0.39, 0.29) is 18.2 Å². The van der Waals surface area contributed by atoms with E-state index in [1.165, 1.54) is 34.5 Å². The maximum atomic E-state index is 13.2. The van der Waals surface area contributed by atoms with Crippen LogP contribution in [0.5, 0.6) is 0 Å². The molecule has 0 aliphatic carbocycles. The van der Waals surface area contributed by atoms with Crippen molar-refractivity contribution in [1.29, 1.82) is 0 Å². The van der Waals surface area contributed by atoms with Gasteiger partial charge in [-0.05, 0) is 29.2 Å². The molecule has 6 nitrogen and oxygen atoms in total. The Morgan fingerprint density at radius 2 is 1.94 bits per heavy atom. The zero-order chi connectivity index (χ0) is 22.0. The summed E-state index contributed by atoms with van der Waals surface area (Å²) in [6.45, 7) is -0.0692. The number of aliphatic hydroxyl groups is 1. The first kappa shape index (κ1) is 21.5. The molecular weight excluding hydrogens is 452 g/mol. The molecule has 0 saturated carbocycles. The summed E-state index contributed by atoms with van der Waals surface area (Å²) in [5.74, 6) is 0.108. The Hall–Kier alpha value is -2.72. The molecule has 3 aromatic carbocycles. The van der Waals surface area contributed by atoms with Crippen LogP contribution >= 0.6 is 35.7 Å². The molecule has 4 rings (SSSR count). The first-order chi connectivity index (χ1) is 15.0. The second-order valence-electron chi connectivity index (χ2n) is 6.57. The lowest BCUT2D eigenvalue weighted by molar-refractivity contribution is -0.387. The van der Waals surface area contributed by atoms with E-state index in [2.05, 4.69) is 0 Å². The van der Waals surface area contributed by atoms with Crippen LogP contribution in [0.3, 0.4) is 0 Å².